The van der Waals surface area contributed by atoms with Crippen molar-refractivity contribution in [3.05, 3.63) is 53.6 Å². The summed E-state index contributed by atoms with van der Waals surface area (Å²) in [6.07, 6.45) is 0. The molecule has 0 atom stereocenters. The quantitative estimate of drug-likeness (QED) is 0.919. The Morgan fingerprint density at radius 2 is 1.70 bits per heavy atom. The lowest BCUT2D eigenvalue weighted by Gasteiger charge is -2.14. The van der Waals surface area contributed by atoms with Crippen LogP contribution in [0.1, 0.15) is 11.1 Å². The lowest BCUT2D eigenvalue weighted by Crippen LogP contribution is -2.08. The molecule has 0 unspecified atom stereocenters. The van der Waals surface area contributed by atoms with E-state index in [0.717, 1.165) is 24.5 Å². The minimum Gasteiger partial charge on any atom is -0.378 e. The van der Waals surface area contributed by atoms with Crippen molar-refractivity contribution in [3.8, 4) is 0 Å². The van der Waals surface area contributed by atoms with Crippen LogP contribution < -0.4 is 10.2 Å². The largest absolute Gasteiger partial charge is 0.378 e. The molecule has 1 heterocycles. The molecule has 1 aliphatic rings. The molecule has 3 rings (SSSR count). The normalized spacial score (nSPS) is 14.2. The molecule has 2 aromatic rings. The molecule has 3 nitrogen and oxygen atoms in total. The molecule has 0 saturated heterocycles. The van der Waals surface area contributed by atoms with Crippen LogP contribution in [0.3, 0.4) is 0 Å². The third-order valence-corrected chi connectivity index (χ3v) is 3.74. The average Bonchev–Trinajstić information content (AvgIpc) is 2.78. The van der Waals surface area contributed by atoms with Crippen molar-refractivity contribution in [3.63, 3.8) is 0 Å². The van der Waals surface area contributed by atoms with Gasteiger partial charge in [0, 0.05) is 44.2 Å². The van der Waals surface area contributed by atoms with Crippen LogP contribution >= 0.6 is 0 Å². The van der Waals surface area contributed by atoms with Crippen molar-refractivity contribution in [1.82, 2.24) is 4.90 Å². The van der Waals surface area contributed by atoms with Gasteiger partial charge in [0.05, 0.1) is 0 Å². The summed E-state index contributed by atoms with van der Waals surface area (Å²) >= 11 is 0. The van der Waals surface area contributed by atoms with Gasteiger partial charge >= 0.3 is 0 Å². The van der Waals surface area contributed by atoms with Gasteiger partial charge in [-0.1, -0.05) is 12.1 Å². The van der Waals surface area contributed by atoms with Crippen molar-refractivity contribution in [2.45, 2.75) is 13.1 Å². The highest BCUT2D eigenvalue weighted by Crippen LogP contribution is 2.27. The highest BCUT2D eigenvalue weighted by Gasteiger charge is 2.15. The van der Waals surface area contributed by atoms with Crippen molar-refractivity contribution in [2.24, 2.45) is 0 Å². The third-order valence-electron chi connectivity index (χ3n) is 3.74. The number of nitrogens with one attached hydrogen (secondary N) is 1. The van der Waals surface area contributed by atoms with Crippen molar-refractivity contribution in [2.75, 3.05) is 31.4 Å². The fourth-order valence-electron chi connectivity index (χ4n) is 2.67. The van der Waals surface area contributed by atoms with E-state index in [9.17, 15) is 0 Å². The lowest BCUT2D eigenvalue weighted by molar-refractivity contribution is 0.353. The molecule has 0 spiro atoms. The van der Waals surface area contributed by atoms with Crippen molar-refractivity contribution in [1.29, 1.82) is 0 Å². The average molecular weight is 267 g/mol. The van der Waals surface area contributed by atoms with Gasteiger partial charge in [-0.05, 0) is 48.5 Å². The fraction of sp³-hybridized carbons (Fsp3) is 0.294. The predicted octanol–water partition coefficient (Wildman–Crippen LogP) is 3.44. The maximum Gasteiger partial charge on any atom is 0.0405 e. The minimum absolute atomic E-state index is 1.04. The standard InChI is InChI=1S/C17H21N3/c1-19(2)17-6-4-5-15(10-17)18-16-8-7-13-11-20(3)12-14(13)9-16/h4-10,18H,11-12H2,1-3H3. The summed E-state index contributed by atoms with van der Waals surface area (Å²) in [5, 5.41) is 3.50. The van der Waals surface area contributed by atoms with Gasteiger partial charge in [-0.2, -0.15) is 0 Å². The zero-order valence-corrected chi connectivity index (χ0v) is 12.4. The van der Waals surface area contributed by atoms with Crippen LogP contribution in [0.2, 0.25) is 0 Å². The molecular weight excluding hydrogens is 246 g/mol. The van der Waals surface area contributed by atoms with E-state index < -0.39 is 0 Å². The smallest absolute Gasteiger partial charge is 0.0405 e. The molecule has 2 aromatic carbocycles. The Morgan fingerprint density at radius 1 is 0.950 bits per heavy atom. The summed E-state index contributed by atoms with van der Waals surface area (Å²) in [5.41, 5.74) is 6.37. The Morgan fingerprint density at radius 3 is 2.50 bits per heavy atom. The first-order valence-corrected chi connectivity index (χ1v) is 6.96. The topological polar surface area (TPSA) is 18.5 Å². The van der Waals surface area contributed by atoms with E-state index in [4.69, 9.17) is 0 Å². The molecule has 0 aliphatic carbocycles. The second kappa shape index (κ2) is 5.17. The van der Waals surface area contributed by atoms with Gasteiger partial charge in [0.15, 0.2) is 0 Å². The number of benzene rings is 2. The molecule has 0 radical (unpaired) electrons. The van der Waals surface area contributed by atoms with Gasteiger partial charge in [0.1, 0.15) is 0 Å². The Hall–Kier alpha value is -2.00. The Balaban J connectivity index is 1.82. The van der Waals surface area contributed by atoms with E-state index in [1.54, 1.807) is 0 Å². The summed E-state index contributed by atoms with van der Waals surface area (Å²) in [7, 11) is 6.28. The first-order chi connectivity index (χ1) is 9.61. The molecule has 1 aliphatic heterocycles. The van der Waals surface area contributed by atoms with Gasteiger partial charge in [0.2, 0.25) is 0 Å². The summed E-state index contributed by atoms with van der Waals surface area (Å²) in [5.74, 6) is 0. The Labute approximate surface area is 120 Å². The van der Waals surface area contributed by atoms with E-state index in [1.807, 2.05) is 0 Å². The Bertz CT molecular complexity index is 619. The number of anilines is 3. The summed E-state index contributed by atoms with van der Waals surface area (Å²) in [4.78, 5) is 4.45. The zero-order chi connectivity index (χ0) is 14.1. The maximum atomic E-state index is 3.50. The van der Waals surface area contributed by atoms with Gasteiger partial charge in [-0.15, -0.1) is 0 Å². The summed E-state index contributed by atoms with van der Waals surface area (Å²) in [6, 6.07) is 15.1. The van der Waals surface area contributed by atoms with Crippen LogP contribution in [-0.4, -0.2) is 26.0 Å². The Kier molecular flexibility index (Phi) is 3.36. The second-order valence-corrected chi connectivity index (χ2v) is 5.73. The molecular formula is C17H21N3. The molecule has 0 bridgehead atoms. The SMILES string of the molecule is CN1Cc2ccc(Nc3cccc(N(C)C)c3)cc2C1. The maximum absolute atomic E-state index is 3.50. The molecule has 0 aromatic heterocycles. The highest BCUT2D eigenvalue weighted by atomic mass is 15.1. The predicted molar refractivity (Wildman–Crippen MR) is 85.7 cm³/mol. The van der Waals surface area contributed by atoms with Gasteiger partial charge in [-0.25, -0.2) is 0 Å². The van der Waals surface area contributed by atoms with Crippen LogP contribution in [0.15, 0.2) is 42.5 Å². The van der Waals surface area contributed by atoms with Crippen LogP contribution in [0, 0.1) is 0 Å². The van der Waals surface area contributed by atoms with Crippen LogP contribution in [0.4, 0.5) is 17.1 Å². The number of fused-ring (bicyclic) bond motifs is 1. The van der Waals surface area contributed by atoms with Crippen molar-refractivity contribution >= 4 is 17.1 Å². The first kappa shape index (κ1) is 13.0. The molecule has 0 amide bonds. The van der Waals surface area contributed by atoms with Gasteiger partial charge in [-0.3, -0.25) is 4.90 Å². The molecule has 0 fully saturated rings. The van der Waals surface area contributed by atoms with Gasteiger partial charge in [0.25, 0.3) is 0 Å². The number of rotatable bonds is 3. The molecule has 20 heavy (non-hydrogen) atoms. The number of hydrogen-bond acceptors (Lipinski definition) is 3. The first-order valence-electron chi connectivity index (χ1n) is 6.96. The van der Waals surface area contributed by atoms with E-state index in [1.165, 1.54) is 16.8 Å². The highest BCUT2D eigenvalue weighted by molar-refractivity contribution is 5.65. The van der Waals surface area contributed by atoms with Gasteiger partial charge < -0.3 is 10.2 Å². The van der Waals surface area contributed by atoms with Crippen LogP contribution in [0.25, 0.3) is 0 Å². The number of nitrogens with zero attached hydrogens (tertiary/aromatic N) is 2. The fourth-order valence-corrected chi connectivity index (χ4v) is 2.67. The van der Waals surface area contributed by atoms with E-state index in [2.05, 4.69) is 78.7 Å². The molecule has 0 saturated carbocycles. The third kappa shape index (κ3) is 2.63. The van der Waals surface area contributed by atoms with E-state index in [-0.39, 0.29) is 0 Å². The van der Waals surface area contributed by atoms with E-state index in [0.29, 0.717) is 0 Å². The van der Waals surface area contributed by atoms with Crippen LogP contribution in [-0.2, 0) is 13.1 Å². The van der Waals surface area contributed by atoms with Crippen LogP contribution in [0.5, 0.6) is 0 Å². The zero-order valence-electron chi connectivity index (χ0n) is 12.4. The summed E-state index contributed by atoms with van der Waals surface area (Å²) < 4.78 is 0. The number of hydrogen-bond donors (Lipinski definition) is 1. The monoisotopic (exact) mass is 267 g/mol. The molecule has 104 valence electrons. The molecule has 1 N–H and O–H groups in total. The summed E-state index contributed by atoms with van der Waals surface area (Å²) in [6.45, 7) is 2.11. The lowest BCUT2D eigenvalue weighted by atomic mass is 10.1. The van der Waals surface area contributed by atoms with E-state index >= 15 is 0 Å². The molecule has 3 heteroatoms. The second-order valence-electron chi connectivity index (χ2n) is 5.73. The minimum atomic E-state index is 1.04. The van der Waals surface area contributed by atoms with Crippen molar-refractivity contribution < 1.29 is 0 Å².